The standard InChI is InChI=1S/C30H36FN5O4/c31-24-6-2-5-22(14-24)26-19-34(27(30(37)38)13-20-3-1-4-20)17-23(26)16-33-11-9-21(10-12-33)28-15-32-29-8-7-25(36(39)40)18-35(28)29/h2,5-8,14-15,18,20-21,23,26-27H,1,3-4,9-13,16-17,19H2,(H,37,38)/t23?,26-,27-/m1/s1. The van der Waals surface area contributed by atoms with E-state index in [2.05, 4.69) is 14.8 Å². The molecule has 2 aromatic heterocycles. The first-order chi connectivity index (χ1) is 19.4. The van der Waals surface area contributed by atoms with E-state index in [0.29, 0.717) is 31.1 Å². The van der Waals surface area contributed by atoms with Gasteiger partial charge in [0.2, 0.25) is 0 Å². The van der Waals surface area contributed by atoms with Gasteiger partial charge in [0.05, 0.1) is 11.1 Å². The first-order valence-corrected chi connectivity index (χ1v) is 14.4. The number of likely N-dealkylation sites (tertiary alicyclic amines) is 2. The van der Waals surface area contributed by atoms with Crippen LogP contribution in [0.5, 0.6) is 0 Å². The average Bonchev–Trinajstić information content (AvgIpc) is 3.52. The monoisotopic (exact) mass is 549 g/mol. The summed E-state index contributed by atoms with van der Waals surface area (Å²) in [4.78, 5) is 32.3. The summed E-state index contributed by atoms with van der Waals surface area (Å²) in [5, 5.41) is 21.4. The Morgan fingerprint density at radius 3 is 2.62 bits per heavy atom. The van der Waals surface area contributed by atoms with Crippen molar-refractivity contribution in [2.24, 2.45) is 11.8 Å². The Bertz CT molecular complexity index is 1380. The maximum Gasteiger partial charge on any atom is 0.320 e. The number of nitro groups is 1. The Morgan fingerprint density at radius 2 is 1.95 bits per heavy atom. The third-order valence-electron chi connectivity index (χ3n) is 9.48. The number of piperidine rings is 1. The van der Waals surface area contributed by atoms with Crippen LogP contribution in [0, 0.1) is 27.8 Å². The van der Waals surface area contributed by atoms with Gasteiger partial charge in [0, 0.05) is 49.4 Å². The molecule has 9 nitrogen and oxygen atoms in total. The van der Waals surface area contributed by atoms with Crippen molar-refractivity contribution >= 4 is 17.3 Å². The summed E-state index contributed by atoms with van der Waals surface area (Å²) < 4.78 is 16.1. The topological polar surface area (TPSA) is 104 Å². The summed E-state index contributed by atoms with van der Waals surface area (Å²) in [5.41, 5.74) is 2.71. The van der Waals surface area contributed by atoms with Gasteiger partial charge in [0.15, 0.2) is 0 Å². The van der Waals surface area contributed by atoms with Gasteiger partial charge >= 0.3 is 5.97 Å². The lowest BCUT2D eigenvalue weighted by Gasteiger charge is -2.35. The summed E-state index contributed by atoms with van der Waals surface area (Å²) >= 11 is 0. The second kappa shape index (κ2) is 11.2. The molecule has 10 heteroatoms. The number of aromatic nitrogens is 2. The lowest BCUT2D eigenvalue weighted by atomic mass is 9.80. The lowest BCUT2D eigenvalue weighted by molar-refractivity contribution is -0.385. The first kappa shape index (κ1) is 26.8. The summed E-state index contributed by atoms with van der Waals surface area (Å²) in [5.74, 6) is 0.0303. The van der Waals surface area contributed by atoms with E-state index in [-0.39, 0.29) is 34.2 Å². The molecule has 1 aromatic carbocycles. The van der Waals surface area contributed by atoms with Gasteiger partial charge in [-0.1, -0.05) is 31.4 Å². The molecule has 3 aliphatic rings. The molecule has 3 atom stereocenters. The fourth-order valence-corrected chi connectivity index (χ4v) is 7.05. The van der Waals surface area contributed by atoms with Crippen molar-refractivity contribution in [1.82, 2.24) is 19.2 Å². The Labute approximate surface area is 232 Å². The molecule has 4 heterocycles. The largest absolute Gasteiger partial charge is 0.480 e. The van der Waals surface area contributed by atoms with Crippen molar-refractivity contribution in [2.45, 2.75) is 56.4 Å². The molecule has 212 valence electrons. The highest BCUT2D eigenvalue weighted by atomic mass is 19.1. The Kier molecular flexibility index (Phi) is 7.55. The molecule has 2 aliphatic heterocycles. The number of hydrogen-bond acceptors (Lipinski definition) is 6. The normalized spacial score (nSPS) is 23.8. The molecule has 0 spiro atoms. The molecule has 1 N–H and O–H groups in total. The zero-order valence-electron chi connectivity index (χ0n) is 22.6. The van der Waals surface area contributed by atoms with Crippen LogP contribution in [0.25, 0.3) is 5.65 Å². The number of benzene rings is 1. The number of halogens is 1. The molecular weight excluding hydrogens is 513 g/mol. The van der Waals surface area contributed by atoms with Crippen LogP contribution in [0.2, 0.25) is 0 Å². The van der Waals surface area contributed by atoms with Gasteiger partial charge in [0.1, 0.15) is 17.5 Å². The molecular formula is C30H36FN5O4. The van der Waals surface area contributed by atoms with E-state index >= 15 is 0 Å². The van der Waals surface area contributed by atoms with Crippen molar-refractivity contribution in [1.29, 1.82) is 0 Å². The van der Waals surface area contributed by atoms with Crippen molar-refractivity contribution in [3.05, 3.63) is 76.0 Å². The first-order valence-electron chi connectivity index (χ1n) is 14.4. The summed E-state index contributed by atoms with van der Waals surface area (Å²) in [7, 11) is 0. The van der Waals surface area contributed by atoms with Crippen LogP contribution in [-0.2, 0) is 4.79 Å². The number of pyridine rings is 1. The minimum Gasteiger partial charge on any atom is -0.480 e. The van der Waals surface area contributed by atoms with E-state index in [1.54, 1.807) is 24.4 Å². The number of rotatable bonds is 9. The van der Waals surface area contributed by atoms with Crippen LogP contribution >= 0.6 is 0 Å². The number of carbonyl (C=O) groups is 1. The van der Waals surface area contributed by atoms with Gasteiger partial charge in [-0.2, -0.15) is 0 Å². The number of hydrogen-bond donors (Lipinski definition) is 1. The second-order valence-corrected chi connectivity index (χ2v) is 11.9. The fourth-order valence-electron chi connectivity index (χ4n) is 7.05. The Balaban J connectivity index is 1.15. The molecule has 3 fully saturated rings. The number of carboxylic acid groups (broad SMARTS) is 1. The van der Waals surface area contributed by atoms with Crippen LogP contribution in [0.15, 0.2) is 48.8 Å². The van der Waals surface area contributed by atoms with Crippen LogP contribution in [0.4, 0.5) is 10.1 Å². The van der Waals surface area contributed by atoms with E-state index in [9.17, 15) is 24.4 Å². The minimum absolute atomic E-state index is 0.0512. The highest BCUT2D eigenvalue weighted by Crippen LogP contribution is 2.39. The number of carboxylic acids is 1. The highest BCUT2D eigenvalue weighted by molar-refractivity contribution is 5.73. The van der Waals surface area contributed by atoms with Gasteiger partial charge in [-0.25, -0.2) is 9.37 Å². The molecule has 0 amide bonds. The Hall–Kier alpha value is -3.37. The SMILES string of the molecule is O=C(O)[C@@H](CC1CCC1)N1CC(CN2CCC(c3cnc4ccc([N+](=O)[O-])cn34)CC2)[C@@H](c2cccc(F)c2)C1. The maximum atomic E-state index is 14.2. The van der Waals surface area contributed by atoms with Crippen molar-refractivity contribution in [3.63, 3.8) is 0 Å². The molecule has 1 aliphatic carbocycles. The van der Waals surface area contributed by atoms with Gasteiger partial charge in [-0.3, -0.25) is 24.2 Å². The quantitative estimate of drug-likeness (QED) is 0.298. The molecule has 3 aromatic rings. The molecule has 0 radical (unpaired) electrons. The lowest BCUT2D eigenvalue weighted by Crippen LogP contribution is -2.43. The number of nitrogens with zero attached hydrogens (tertiary/aromatic N) is 5. The Morgan fingerprint density at radius 1 is 1.15 bits per heavy atom. The van der Waals surface area contributed by atoms with Gasteiger partial charge in [-0.15, -0.1) is 0 Å². The predicted molar refractivity (Wildman–Crippen MR) is 148 cm³/mol. The van der Waals surface area contributed by atoms with E-state index in [0.717, 1.165) is 56.6 Å². The molecule has 0 bridgehead atoms. The van der Waals surface area contributed by atoms with Gasteiger partial charge < -0.3 is 10.0 Å². The van der Waals surface area contributed by atoms with Crippen molar-refractivity contribution in [2.75, 3.05) is 32.7 Å². The maximum absolute atomic E-state index is 14.2. The van der Waals surface area contributed by atoms with Crippen LogP contribution in [0.1, 0.15) is 61.6 Å². The highest BCUT2D eigenvalue weighted by Gasteiger charge is 2.41. The van der Waals surface area contributed by atoms with Crippen LogP contribution in [-0.4, -0.2) is 73.9 Å². The van der Waals surface area contributed by atoms with Gasteiger partial charge in [0.25, 0.3) is 5.69 Å². The van der Waals surface area contributed by atoms with Crippen molar-refractivity contribution < 1.29 is 19.2 Å². The predicted octanol–water partition coefficient (Wildman–Crippen LogP) is 4.92. The third kappa shape index (κ3) is 5.47. The van der Waals surface area contributed by atoms with Gasteiger partial charge in [-0.05, 0) is 68.0 Å². The summed E-state index contributed by atoms with van der Waals surface area (Å²) in [6.07, 6.45) is 9.33. The molecule has 1 unspecified atom stereocenters. The second-order valence-electron chi connectivity index (χ2n) is 11.9. The summed E-state index contributed by atoms with van der Waals surface area (Å²) in [6.45, 7) is 3.92. The number of imidazole rings is 1. The van der Waals surface area contributed by atoms with Crippen molar-refractivity contribution in [3.8, 4) is 0 Å². The van der Waals surface area contributed by atoms with E-state index in [1.807, 2.05) is 16.7 Å². The third-order valence-corrected chi connectivity index (χ3v) is 9.48. The zero-order chi connectivity index (χ0) is 27.8. The van der Waals surface area contributed by atoms with Crippen LogP contribution in [0.3, 0.4) is 0 Å². The fraction of sp³-hybridized carbons (Fsp3) is 0.533. The van der Waals surface area contributed by atoms with E-state index in [4.69, 9.17) is 0 Å². The van der Waals surface area contributed by atoms with E-state index in [1.165, 1.54) is 18.6 Å². The minimum atomic E-state index is -0.750. The molecule has 6 rings (SSSR count). The molecule has 40 heavy (non-hydrogen) atoms. The zero-order valence-corrected chi connectivity index (χ0v) is 22.6. The summed E-state index contributed by atoms with van der Waals surface area (Å²) in [6, 6.07) is 9.47. The number of fused-ring (bicyclic) bond motifs is 1. The van der Waals surface area contributed by atoms with Crippen LogP contribution < -0.4 is 0 Å². The number of aliphatic carboxylic acids is 1. The molecule has 1 saturated carbocycles. The smallest absolute Gasteiger partial charge is 0.320 e. The van der Waals surface area contributed by atoms with E-state index < -0.39 is 12.0 Å². The molecule has 2 saturated heterocycles. The average molecular weight is 550 g/mol.